The standard InChI is InChI=1S/C19H25BrN2O3S2/c1-5-13(6-2)18(23)21-19-22(15-9-27(24,25)10-16(15)26-19)17-11(3)7-14(20)8-12(17)4/h7-8,13,15-16H,5-6,9-10H2,1-4H3/t15-,16-/m1/s1. The van der Waals surface area contributed by atoms with Crippen LogP contribution >= 0.6 is 27.7 Å². The molecule has 8 heteroatoms. The van der Waals surface area contributed by atoms with Gasteiger partial charge in [-0.15, -0.1) is 0 Å². The quantitative estimate of drug-likeness (QED) is 0.659. The topological polar surface area (TPSA) is 66.8 Å². The van der Waals surface area contributed by atoms with E-state index in [1.165, 1.54) is 11.8 Å². The van der Waals surface area contributed by atoms with Gasteiger partial charge in [-0.2, -0.15) is 4.99 Å². The van der Waals surface area contributed by atoms with Gasteiger partial charge >= 0.3 is 0 Å². The van der Waals surface area contributed by atoms with E-state index in [0.29, 0.717) is 5.17 Å². The number of sulfone groups is 1. The van der Waals surface area contributed by atoms with Crippen molar-refractivity contribution in [1.82, 2.24) is 0 Å². The Hall–Kier alpha value is -0.860. The number of aryl methyl sites for hydroxylation is 2. The van der Waals surface area contributed by atoms with E-state index in [2.05, 4.69) is 20.9 Å². The van der Waals surface area contributed by atoms with Crippen LogP contribution in [0.5, 0.6) is 0 Å². The first-order valence-electron chi connectivity index (χ1n) is 9.22. The lowest BCUT2D eigenvalue weighted by molar-refractivity contribution is -0.121. The molecule has 0 aliphatic carbocycles. The molecule has 0 N–H and O–H groups in total. The minimum absolute atomic E-state index is 0.0781. The van der Waals surface area contributed by atoms with Gasteiger partial charge in [-0.3, -0.25) is 4.79 Å². The summed E-state index contributed by atoms with van der Waals surface area (Å²) < 4.78 is 25.4. The second-order valence-corrected chi connectivity index (χ2v) is 11.6. The number of benzene rings is 1. The van der Waals surface area contributed by atoms with Crippen LogP contribution in [0.15, 0.2) is 21.6 Å². The summed E-state index contributed by atoms with van der Waals surface area (Å²) in [6, 6.07) is 3.86. The number of hydrogen-bond acceptors (Lipinski definition) is 4. The molecule has 1 aromatic carbocycles. The Morgan fingerprint density at radius 2 is 1.85 bits per heavy atom. The number of thioether (sulfide) groups is 1. The molecule has 2 aliphatic heterocycles. The molecule has 0 radical (unpaired) electrons. The van der Waals surface area contributed by atoms with E-state index in [9.17, 15) is 13.2 Å². The van der Waals surface area contributed by atoms with E-state index >= 15 is 0 Å². The van der Waals surface area contributed by atoms with Gasteiger partial charge in [-0.05, 0) is 49.9 Å². The molecule has 0 aromatic heterocycles. The first kappa shape index (κ1) is 20.9. The predicted octanol–water partition coefficient (Wildman–Crippen LogP) is 4.10. The summed E-state index contributed by atoms with van der Waals surface area (Å²) in [6.07, 6.45) is 1.52. The van der Waals surface area contributed by atoms with Crippen LogP contribution in [0.25, 0.3) is 0 Å². The van der Waals surface area contributed by atoms with Gasteiger partial charge in [0.25, 0.3) is 5.91 Å². The van der Waals surface area contributed by atoms with Crippen molar-refractivity contribution >= 4 is 54.3 Å². The zero-order valence-electron chi connectivity index (χ0n) is 16.0. The third kappa shape index (κ3) is 4.12. The van der Waals surface area contributed by atoms with Crippen LogP contribution in [0.2, 0.25) is 0 Å². The number of amidine groups is 1. The minimum atomic E-state index is -3.07. The largest absolute Gasteiger partial charge is 0.315 e. The SMILES string of the molecule is CCC(CC)C(=O)N=C1S[C@@H]2CS(=O)(=O)C[C@H]2N1c1c(C)cc(Br)cc1C. The molecule has 0 spiro atoms. The molecule has 0 unspecified atom stereocenters. The van der Waals surface area contributed by atoms with E-state index in [1.807, 2.05) is 44.7 Å². The van der Waals surface area contributed by atoms with Crippen LogP contribution in [0.3, 0.4) is 0 Å². The maximum absolute atomic E-state index is 12.7. The molecular weight excluding hydrogens is 448 g/mol. The molecule has 27 heavy (non-hydrogen) atoms. The van der Waals surface area contributed by atoms with Gasteiger partial charge < -0.3 is 4.90 Å². The highest BCUT2D eigenvalue weighted by molar-refractivity contribution is 9.10. The molecule has 2 heterocycles. The number of carbonyl (C=O) groups is 1. The summed E-state index contributed by atoms with van der Waals surface area (Å²) in [6.45, 7) is 8.01. The molecule has 0 bridgehead atoms. The normalized spacial score (nSPS) is 25.4. The fourth-order valence-electron chi connectivity index (χ4n) is 3.93. The summed E-state index contributed by atoms with van der Waals surface area (Å²) in [5.41, 5.74) is 3.04. The fourth-order valence-corrected chi connectivity index (χ4v) is 8.52. The molecule has 5 nitrogen and oxygen atoms in total. The molecule has 2 atom stereocenters. The fraction of sp³-hybridized carbons (Fsp3) is 0.579. The van der Waals surface area contributed by atoms with Crippen LogP contribution in [0, 0.1) is 19.8 Å². The second kappa shape index (κ2) is 7.87. The maximum atomic E-state index is 12.7. The molecule has 2 aliphatic rings. The Morgan fingerprint density at radius 3 is 2.41 bits per heavy atom. The van der Waals surface area contributed by atoms with E-state index in [-0.39, 0.29) is 34.6 Å². The zero-order valence-corrected chi connectivity index (χ0v) is 19.2. The maximum Gasteiger partial charge on any atom is 0.251 e. The van der Waals surface area contributed by atoms with Gasteiger partial charge in [0.05, 0.1) is 17.5 Å². The van der Waals surface area contributed by atoms with Gasteiger partial charge in [-0.25, -0.2) is 8.42 Å². The van der Waals surface area contributed by atoms with Gasteiger partial charge in [0.15, 0.2) is 15.0 Å². The molecule has 3 rings (SSSR count). The van der Waals surface area contributed by atoms with Crippen molar-refractivity contribution in [2.75, 3.05) is 16.4 Å². The van der Waals surface area contributed by atoms with E-state index in [0.717, 1.165) is 34.1 Å². The molecule has 0 saturated carbocycles. The third-order valence-electron chi connectivity index (χ3n) is 5.30. The van der Waals surface area contributed by atoms with Crippen LogP contribution < -0.4 is 4.90 Å². The summed E-state index contributed by atoms with van der Waals surface area (Å²) in [7, 11) is -3.07. The lowest BCUT2D eigenvalue weighted by Gasteiger charge is -2.28. The Bertz CT molecular complexity index is 871. The van der Waals surface area contributed by atoms with Crippen molar-refractivity contribution in [3.63, 3.8) is 0 Å². The van der Waals surface area contributed by atoms with Crippen molar-refractivity contribution < 1.29 is 13.2 Å². The van der Waals surface area contributed by atoms with Crippen molar-refractivity contribution in [2.45, 2.75) is 51.8 Å². The minimum Gasteiger partial charge on any atom is -0.315 e. The van der Waals surface area contributed by atoms with Crippen LogP contribution in [0.1, 0.15) is 37.8 Å². The number of aliphatic imine (C=N–C) groups is 1. The Morgan fingerprint density at radius 1 is 1.26 bits per heavy atom. The van der Waals surface area contributed by atoms with Crippen molar-refractivity contribution in [3.05, 3.63) is 27.7 Å². The first-order valence-corrected chi connectivity index (χ1v) is 12.7. The van der Waals surface area contributed by atoms with Crippen molar-refractivity contribution in [3.8, 4) is 0 Å². The Kier molecular flexibility index (Phi) is 6.08. The number of halogens is 1. The molecule has 2 saturated heterocycles. The number of hydrogen-bond donors (Lipinski definition) is 0. The van der Waals surface area contributed by atoms with E-state index in [4.69, 9.17) is 0 Å². The average Bonchev–Trinajstić information content (AvgIpc) is 3.00. The van der Waals surface area contributed by atoms with Crippen LogP contribution in [-0.4, -0.2) is 42.3 Å². The average molecular weight is 473 g/mol. The number of fused-ring (bicyclic) bond motifs is 1. The van der Waals surface area contributed by atoms with Crippen LogP contribution in [0.4, 0.5) is 5.69 Å². The second-order valence-electron chi connectivity index (χ2n) is 7.30. The first-order chi connectivity index (χ1) is 12.7. The van der Waals surface area contributed by atoms with E-state index < -0.39 is 9.84 Å². The third-order valence-corrected chi connectivity index (χ3v) is 8.97. The van der Waals surface area contributed by atoms with Crippen molar-refractivity contribution in [2.24, 2.45) is 10.9 Å². The summed E-state index contributed by atoms with van der Waals surface area (Å²) in [5, 5.41) is 0.566. The monoisotopic (exact) mass is 472 g/mol. The van der Waals surface area contributed by atoms with Gasteiger partial charge in [0, 0.05) is 21.3 Å². The zero-order chi connectivity index (χ0) is 19.9. The molecule has 1 amide bonds. The van der Waals surface area contributed by atoms with Crippen molar-refractivity contribution in [1.29, 1.82) is 0 Å². The lowest BCUT2D eigenvalue weighted by Crippen LogP contribution is -2.38. The highest BCUT2D eigenvalue weighted by Crippen LogP contribution is 2.43. The Labute approximate surface area is 174 Å². The van der Waals surface area contributed by atoms with Gasteiger partial charge in [0.1, 0.15) is 0 Å². The highest BCUT2D eigenvalue weighted by atomic mass is 79.9. The molecular formula is C19H25BrN2O3S2. The number of anilines is 1. The summed E-state index contributed by atoms with van der Waals surface area (Å²) in [5.74, 6) is 0.0580. The number of carbonyl (C=O) groups excluding carboxylic acids is 1. The Balaban J connectivity index is 2.08. The lowest BCUT2D eigenvalue weighted by atomic mass is 10.0. The van der Waals surface area contributed by atoms with E-state index in [1.54, 1.807) is 0 Å². The molecule has 2 fully saturated rings. The highest BCUT2D eigenvalue weighted by Gasteiger charge is 2.50. The summed E-state index contributed by atoms with van der Waals surface area (Å²) in [4.78, 5) is 19.1. The number of nitrogens with zero attached hydrogens (tertiary/aromatic N) is 2. The van der Waals surface area contributed by atoms with Gasteiger partial charge in [0.2, 0.25) is 0 Å². The van der Waals surface area contributed by atoms with Gasteiger partial charge in [-0.1, -0.05) is 41.5 Å². The van der Waals surface area contributed by atoms with Crippen LogP contribution in [-0.2, 0) is 14.6 Å². The summed E-state index contributed by atoms with van der Waals surface area (Å²) >= 11 is 4.96. The number of rotatable bonds is 4. The smallest absolute Gasteiger partial charge is 0.251 e. The number of amides is 1. The molecule has 1 aromatic rings. The molecule has 148 valence electrons. The predicted molar refractivity (Wildman–Crippen MR) is 116 cm³/mol.